The molecule has 6 heterocycles. The third-order valence-electron chi connectivity index (χ3n) is 13.2. The summed E-state index contributed by atoms with van der Waals surface area (Å²) in [6.45, 7) is 17.1. The van der Waals surface area contributed by atoms with Crippen LogP contribution < -0.4 is 30.7 Å². The number of carbonyl (C=O) groups excluding carboxylic acids is 2. The Bertz CT molecular complexity index is 3240. The summed E-state index contributed by atoms with van der Waals surface area (Å²) in [5, 5.41) is 78.1. The first-order valence-corrected chi connectivity index (χ1v) is 29.5. The first kappa shape index (κ1) is 64.4. The van der Waals surface area contributed by atoms with Crippen LogP contribution in [0, 0.1) is 33.5 Å². The van der Waals surface area contributed by atoms with Crippen LogP contribution in [0.25, 0.3) is 11.0 Å². The molecular formula is C54H70N12O16P2. The van der Waals surface area contributed by atoms with E-state index >= 15 is 0 Å². The van der Waals surface area contributed by atoms with Gasteiger partial charge in [0.2, 0.25) is 11.2 Å². The van der Waals surface area contributed by atoms with E-state index < -0.39 is 99.5 Å². The van der Waals surface area contributed by atoms with Gasteiger partial charge in [0, 0.05) is 0 Å². The molecule has 452 valence electrons. The van der Waals surface area contributed by atoms with Crippen molar-refractivity contribution in [3.63, 3.8) is 0 Å². The van der Waals surface area contributed by atoms with Crippen molar-refractivity contribution in [1.29, 1.82) is 10.5 Å². The van der Waals surface area contributed by atoms with Crippen LogP contribution in [0.4, 0.5) is 11.6 Å². The van der Waals surface area contributed by atoms with Crippen LogP contribution in [-0.2, 0) is 46.7 Å². The lowest BCUT2D eigenvalue weighted by Gasteiger charge is -2.33. The number of nitrogens with one attached hydrogen (secondary N) is 2. The fourth-order valence-electron chi connectivity index (χ4n) is 8.80. The van der Waals surface area contributed by atoms with Gasteiger partial charge in [-0.2, -0.15) is 30.9 Å². The number of hydrogen-bond donors (Lipinski definition) is 8. The topological polar surface area (TPSA) is 407 Å². The first-order valence-electron chi connectivity index (χ1n) is 26.4. The van der Waals surface area contributed by atoms with Crippen LogP contribution in [0.2, 0.25) is 0 Å². The van der Waals surface area contributed by atoms with Crippen molar-refractivity contribution in [3.05, 3.63) is 109 Å². The van der Waals surface area contributed by atoms with Gasteiger partial charge in [-0.3, -0.25) is 18.6 Å². The molecule has 0 saturated carbocycles. The molecule has 2 fully saturated rings. The Kier molecular flexibility index (Phi) is 19.6. The number of benzene rings is 2. The summed E-state index contributed by atoms with van der Waals surface area (Å²) in [4.78, 5) is 33.2. The van der Waals surface area contributed by atoms with Gasteiger partial charge < -0.3 is 59.9 Å². The van der Waals surface area contributed by atoms with Gasteiger partial charge in [-0.25, -0.2) is 28.1 Å². The molecule has 2 aromatic carbocycles. The Balaban J connectivity index is 0.000000241. The van der Waals surface area contributed by atoms with Crippen molar-refractivity contribution in [1.82, 2.24) is 39.4 Å². The number of aromatic nitrogens is 6. The highest BCUT2D eigenvalue weighted by molar-refractivity contribution is 7.52. The molecule has 84 heavy (non-hydrogen) atoms. The highest BCUT2D eigenvalue weighted by Crippen LogP contribution is 2.53. The lowest BCUT2D eigenvalue weighted by Crippen LogP contribution is -2.51. The fourth-order valence-corrected chi connectivity index (χ4v) is 12.2. The summed E-state index contributed by atoms with van der Waals surface area (Å²) >= 11 is 0. The number of anilines is 2. The number of aliphatic hydroxyl groups excluding tert-OH is 4. The number of ether oxygens (including phenoxy) is 4. The number of fused-ring (bicyclic) bond motifs is 2. The molecule has 2 aliphatic rings. The molecule has 0 spiro atoms. The molecule has 4 aromatic heterocycles. The monoisotopic (exact) mass is 1200 g/mol. The van der Waals surface area contributed by atoms with E-state index in [1.807, 2.05) is 53.7 Å². The number of rotatable bonds is 20. The van der Waals surface area contributed by atoms with Crippen LogP contribution >= 0.6 is 15.5 Å². The summed E-state index contributed by atoms with van der Waals surface area (Å²) < 4.78 is 76.7. The van der Waals surface area contributed by atoms with Crippen molar-refractivity contribution in [2.75, 3.05) is 24.7 Å². The van der Waals surface area contributed by atoms with Gasteiger partial charge in [0.25, 0.3) is 0 Å². The van der Waals surface area contributed by atoms with Crippen molar-refractivity contribution in [3.8, 4) is 23.6 Å². The Morgan fingerprint density at radius 3 is 1.30 bits per heavy atom. The lowest BCUT2D eigenvalue weighted by molar-refractivity contribution is -0.148. The highest BCUT2D eigenvalue weighted by Gasteiger charge is 2.62. The minimum Gasteiger partial charge on any atom is -0.464 e. The number of nitrogen functional groups attached to an aromatic ring is 2. The molecule has 30 heteroatoms. The van der Waals surface area contributed by atoms with Gasteiger partial charge in [-0.1, -0.05) is 77.9 Å². The van der Waals surface area contributed by atoms with E-state index in [9.17, 15) is 49.7 Å². The van der Waals surface area contributed by atoms with Crippen LogP contribution in [0.15, 0.2) is 97.6 Å². The molecule has 0 aliphatic carbocycles. The number of nitriles is 2. The molecule has 10 N–H and O–H groups in total. The maximum atomic E-state index is 14.1. The summed E-state index contributed by atoms with van der Waals surface area (Å²) in [7, 11) is -8.94. The van der Waals surface area contributed by atoms with Gasteiger partial charge in [-0.15, -0.1) is 0 Å². The van der Waals surface area contributed by atoms with Gasteiger partial charge in [0.05, 0.1) is 24.6 Å². The number of aliphatic hydroxyl groups is 4. The quantitative estimate of drug-likeness (QED) is 0.0366. The van der Waals surface area contributed by atoms with Crippen molar-refractivity contribution in [2.24, 2.45) is 10.8 Å². The molecular weight excluding hydrogens is 1130 g/mol. The number of hydrogen-bond acceptors (Lipinski definition) is 24. The van der Waals surface area contributed by atoms with Gasteiger partial charge in [0.15, 0.2) is 11.6 Å². The minimum absolute atomic E-state index is 0.112. The normalized spacial score (nSPS) is 25.3. The van der Waals surface area contributed by atoms with Crippen LogP contribution in [0.3, 0.4) is 0 Å². The number of nitrogens with two attached hydrogens (primary N) is 2. The molecule has 8 rings (SSSR count). The molecule has 28 nitrogen and oxygen atoms in total. The molecule has 2 saturated heterocycles. The van der Waals surface area contributed by atoms with E-state index in [1.165, 1.54) is 73.6 Å². The molecule has 0 bridgehead atoms. The second-order valence-corrected chi connectivity index (χ2v) is 25.8. The zero-order chi connectivity index (χ0) is 61.7. The smallest absolute Gasteiger partial charge is 0.459 e. The highest BCUT2D eigenvalue weighted by atomic mass is 31.2. The van der Waals surface area contributed by atoms with Crippen molar-refractivity contribution >= 4 is 50.1 Å². The Labute approximate surface area is 484 Å². The largest absolute Gasteiger partial charge is 0.464 e. The van der Waals surface area contributed by atoms with Crippen molar-refractivity contribution in [2.45, 2.75) is 141 Å². The second-order valence-electron chi connectivity index (χ2n) is 22.5. The second kappa shape index (κ2) is 25.6. The van der Waals surface area contributed by atoms with Gasteiger partial charge in [-0.05, 0) is 87.1 Å². The zero-order valence-electron chi connectivity index (χ0n) is 47.7. The van der Waals surface area contributed by atoms with E-state index in [-0.39, 0.29) is 58.6 Å². The predicted octanol–water partition coefficient (Wildman–Crippen LogP) is 5.05. The standard InChI is InChI=1S/2C27H35N6O8P/c2*1-16(25(36)38-14-26(3,4)5)32-42(37,41-18-9-7-6-8-10-18)40-17(2)27(13-28)23(35)21(34)22(39-27)19-11-12-20-24(29)30-15-31-33(19)20/h2*6-12,15-17,21-23,34-35H,14H2,1-5H3,(H,32,37)(H2,29,30,31)/t16-,17?,21-,22-,23-,27+,42+;16-,17?,21-,22-,23-,27+,42-/m00/s1. The lowest BCUT2D eigenvalue weighted by atomic mass is 9.91. The number of para-hydroxylation sites is 2. The van der Waals surface area contributed by atoms with E-state index in [1.54, 1.807) is 60.7 Å². The SMILES string of the molecule is CC(O[P@@](=O)(N[C@@H](C)C(=O)OCC(C)(C)C)Oc1ccccc1)[C@@]1(C#N)O[C@@H](c2ccc3c(N)ncnn23)[C@H](O)[C@@H]1O.CC(O[P@](=O)(N[C@@H](C)C(=O)OCC(C)(C)C)Oc1ccccc1)[C@@]1(C#N)O[C@@H](c2ccc3c(N)ncnn23)[C@H](O)[C@@H]1O. The molecule has 0 amide bonds. The number of esters is 2. The van der Waals surface area contributed by atoms with E-state index in [0.29, 0.717) is 11.0 Å². The molecule has 2 aliphatic heterocycles. The van der Waals surface area contributed by atoms with Gasteiger partial charge >= 0.3 is 27.4 Å². The van der Waals surface area contributed by atoms with E-state index in [2.05, 4.69) is 30.3 Å². The molecule has 14 atom stereocenters. The minimum atomic E-state index is -4.47. The van der Waals surface area contributed by atoms with Crippen LogP contribution in [0.5, 0.6) is 11.5 Å². The average Bonchev–Trinajstić information content (AvgIpc) is 2.00. The Hall–Kier alpha value is -7.14. The van der Waals surface area contributed by atoms with E-state index in [0.717, 1.165) is 0 Å². The summed E-state index contributed by atoms with van der Waals surface area (Å²) in [5.74, 6) is -0.779. The summed E-state index contributed by atoms with van der Waals surface area (Å²) in [6, 6.07) is 23.9. The first-order chi connectivity index (χ1) is 39.4. The average molecular weight is 1210 g/mol. The fraction of sp³-hybridized carbons (Fsp3) is 0.481. The Morgan fingerprint density at radius 2 is 0.976 bits per heavy atom. The zero-order valence-corrected chi connectivity index (χ0v) is 49.5. The number of carbonyl (C=O) groups is 2. The molecule has 6 aromatic rings. The third-order valence-corrected chi connectivity index (χ3v) is 16.7. The third kappa shape index (κ3) is 14.3. The molecule has 2 unspecified atom stereocenters. The number of nitrogens with zero attached hydrogens (tertiary/aromatic N) is 8. The van der Waals surface area contributed by atoms with E-state index in [4.69, 9.17) is 48.5 Å². The van der Waals surface area contributed by atoms with Crippen LogP contribution in [-0.4, -0.2) is 135 Å². The van der Waals surface area contributed by atoms with Crippen molar-refractivity contribution < 1.29 is 76.2 Å². The molecule has 0 radical (unpaired) electrons. The maximum absolute atomic E-state index is 14.1. The Morgan fingerprint density at radius 1 is 0.631 bits per heavy atom. The van der Waals surface area contributed by atoms with Gasteiger partial charge in [0.1, 0.15) is 108 Å². The maximum Gasteiger partial charge on any atom is 0.459 e. The summed E-state index contributed by atoms with van der Waals surface area (Å²) in [6.07, 6.45) is -9.87. The predicted molar refractivity (Wildman–Crippen MR) is 300 cm³/mol. The summed E-state index contributed by atoms with van der Waals surface area (Å²) in [5.41, 5.74) is 8.18. The van der Waals surface area contributed by atoms with Crippen LogP contribution in [0.1, 0.15) is 92.8 Å².